The molecule has 0 saturated carbocycles. The Labute approximate surface area is 370 Å². The van der Waals surface area contributed by atoms with Crippen LogP contribution in [0.1, 0.15) is 128 Å². The van der Waals surface area contributed by atoms with E-state index in [1.54, 1.807) is 42.5 Å². The maximum atomic E-state index is 12.1. The third-order valence-corrected chi connectivity index (χ3v) is 11.0. The standard InChI is InChI=1S/2C22H30O5S.Ca/c2*1-2-3-4-5-6-7-8-9-11-18-16-20(14-15-22(18)23)27-19-12-10-13-21(17-19)28(24,25)26;/h2*10,12-17,23H,2-9,11H2,1H3,(H,24,25,26);/q;;+2/p-2. The van der Waals surface area contributed by atoms with E-state index in [0.717, 1.165) is 37.7 Å². The van der Waals surface area contributed by atoms with Crippen LogP contribution in [0.15, 0.2) is 94.7 Å². The van der Waals surface area contributed by atoms with Gasteiger partial charge in [0, 0.05) is 6.07 Å². The molecule has 0 bridgehead atoms. The van der Waals surface area contributed by atoms with Crippen molar-refractivity contribution in [3.8, 4) is 34.5 Å². The number of hydrogen-bond acceptors (Lipinski definition) is 9. The van der Waals surface area contributed by atoms with Gasteiger partial charge >= 0.3 is 37.7 Å². The van der Waals surface area contributed by atoms with E-state index >= 15 is 0 Å². The molecule has 13 heteroatoms. The molecule has 0 amide bonds. The van der Waals surface area contributed by atoms with Gasteiger partial charge in [0.1, 0.15) is 38.9 Å². The second-order valence-corrected chi connectivity index (χ2v) is 16.9. The summed E-state index contributed by atoms with van der Waals surface area (Å²) in [6, 6.07) is 20.8. The molecule has 10 nitrogen and oxygen atoms in total. The molecule has 0 heterocycles. The summed E-state index contributed by atoms with van der Waals surface area (Å²) in [5, 5.41) is 22.2. The first-order valence-corrected chi connectivity index (χ1v) is 22.8. The number of hydrogen-bond donors (Lipinski definition) is 2. The molecule has 0 spiro atoms. The van der Waals surface area contributed by atoms with E-state index in [9.17, 15) is 31.6 Å². The molecule has 4 aromatic rings. The summed E-state index contributed by atoms with van der Waals surface area (Å²) in [6.45, 7) is 4.43. The van der Waals surface area contributed by atoms with Crippen LogP contribution in [-0.4, -0.2) is 68.8 Å². The molecule has 0 aliphatic heterocycles. The zero-order valence-electron chi connectivity index (χ0n) is 33.5. The quantitative estimate of drug-likeness (QED) is 0.0392. The first-order chi connectivity index (χ1) is 26.8. The number of aromatic hydroxyl groups is 1. The maximum absolute atomic E-state index is 12.1. The Morgan fingerprint density at radius 1 is 0.526 bits per heavy atom. The van der Waals surface area contributed by atoms with E-state index in [1.807, 2.05) is 0 Å². The Morgan fingerprint density at radius 2 is 0.930 bits per heavy atom. The van der Waals surface area contributed by atoms with Crippen molar-refractivity contribution in [3.05, 3.63) is 96.1 Å². The van der Waals surface area contributed by atoms with Gasteiger partial charge in [0.2, 0.25) is 0 Å². The van der Waals surface area contributed by atoms with Crippen molar-refractivity contribution in [1.82, 2.24) is 0 Å². The molecule has 4 aromatic carbocycles. The number of rotatable bonds is 24. The minimum Gasteiger partial charge on any atom is -0.872 e. The van der Waals surface area contributed by atoms with Gasteiger partial charge in [0.05, 0.1) is 9.79 Å². The van der Waals surface area contributed by atoms with Crippen molar-refractivity contribution in [2.45, 2.75) is 139 Å². The molecule has 0 aromatic heterocycles. The van der Waals surface area contributed by atoms with Gasteiger partial charge in [-0.15, -0.1) is 5.75 Å². The Balaban J connectivity index is 0.000000387. The molecular formula is C44H58CaO10S2. The Morgan fingerprint density at radius 3 is 1.42 bits per heavy atom. The smallest absolute Gasteiger partial charge is 0.872 e. The van der Waals surface area contributed by atoms with Crippen molar-refractivity contribution in [2.24, 2.45) is 0 Å². The molecule has 0 radical (unpaired) electrons. The monoisotopic (exact) mass is 850 g/mol. The summed E-state index contributed by atoms with van der Waals surface area (Å²) in [5.74, 6) is 1.73. The van der Waals surface area contributed by atoms with Crippen molar-refractivity contribution in [2.75, 3.05) is 0 Å². The Kier molecular flexibility index (Phi) is 23.8. The van der Waals surface area contributed by atoms with Crippen LogP contribution in [0.2, 0.25) is 0 Å². The fraction of sp³-hybridized carbons (Fsp3) is 0.455. The van der Waals surface area contributed by atoms with Crippen molar-refractivity contribution in [3.63, 3.8) is 0 Å². The third kappa shape index (κ3) is 20.1. The minimum absolute atomic E-state index is 0. The number of ether oxygens (including phenoxy) is 2. The molecule has 2 N–H and O–H groups in total. The zero-order chi connectivity index (χ0) is 40.8. The molecule has 57 heavy (non-hydrogen) atoms. The number of benzene rings is 4. The second kappa shape index (κ2) is 27.0. The molecule has 0 unspecified atom stereocenters. The van der Waals surface area contributed by atoms with Gasteiger partial charge in [-0.25, -0.2) is 8.42 Å². The van der Waals surface area contributed by atoms with Crippen molar-refractivity contribution < 1.29 is 45.6 Å². The van der Waals surface area contributed by atoms with Crippen molar-refractivity contribution in [1.29, 1.82) is 0 Å². The first-order valence-electron chi connectivity index (χ1n) is 19.9. The first kappa shape index (κ1) is 50.3. The number of phenolic OH excluding ortho intramolecular Hbond substituents is 1. The van der Waals surface area contributed by atoms with E-state index in [2.05, 4.69) is 13.8 Å². The molecule has 308 valence electrons. The second-order valence-electron chi connectivity index (χ2n) is 14.1. The number of phenols is 1. The van der Waals surface area contributed by atoms with Crippen LogP contribution in [0.4, 0.5) is 0 Å². The fourth-order valence-corrected chi connectivity index (χ4v) is 7.22. The van der Waals surface area contributed by atoms with Gasteiger partial charge in [-0.2, -0.15) is 8.42 Å². The van der Waals surface area contributed by atoms with Gasteiger partial charge in [-0.05, 0) is 91.9 Å². The molecule has 0 aliphatic rings. The summed E-state index contributed by atoms with van der Waals surface area (Å²) in [4.78, 5) is -0.562. The van der Waals surface area contributed by atoms with Crippen LogP contribution in [0.25, 0.3) is 0 Å². The van der Waals surface area contributed by atoms with Crippen LogP contribution >= 0.6 is 0 Å². The van der Waals surface area contributed by atoms with Crippen LogP contribution in [-0.2, 0) is 33.1 Å². The zero-order valence-corrected chi connectivity index (χ0v) is 37.3. The van der Waals surface area contributed by atoms with Gasteiger partial charge in [0.25, 0.3) is 10.1 Å². The van der Waals surface area contributed by atoms with E-state index in [1.165, 1.54) is 120 Å². The van der Waals surface area contributed by atoms with Crippen molar-refractivity contribution >= 4 is 58.0 Å². The fourth-order valence-electron chi connectivity index (χ4n) is 6.20. The van der Waals surface area contributed by atoms with E-state index in [4.69, 9.17) is 14.0 Å². The Hall–Kier alpha value is -2.84. The summed E-state index contributed by atoms with van der Waals surface area (Å²) in [6.07, 6.45) is 20.9. The van der Waals surface area contributed by atoms with Crippen LogP contribution < -0.4 is 14.6 Å². The van der Waals surface area contributed by atoms with E-state index < -0.39 is 20.2 Å². The molecule has 4 rings (SSSR count). The number of aryl methyl sites for hydroxylation is 2. The van der Waals surface area contributed by atoms with Gasteiger partial charge in [0.15, 0.2) is 0 Å². The maximum Gasteiger partial charge on any atom is 2.00 e. The Bertz CT molecular complexity index is 1840. The van der Waals surface area contributed by atoms with E-state index in [-0.39, 0.29) is 64.8 Å². The topological polar surface area (TPSA) is 173 Å². The molecule has 0 aliphatic carbocycles. The van der Waals surface area contributed by atoms with Gasteiger partial charge < -0.3 is 24.2 Å². The average Bonchev–Trinajstić information content (AvgIpc) is 3.16. The normalized spacial score (nSPS) is 11.3. The van der Waals surface area contributed by atoms with Gasteiger partial charge in [-0.1, -0.05) is 128 Å². The predicted molar refractivity (Wildman–Crippen MR) is 223 cm³/mol. The van der Waals surface area contributed by atoms with Crippen LogP contribution in [0, 0.1) is 0 Å². The summed E-state index contributed by atoms with van der Waals surface area (Å²) < 4.78 is 76.4. The largest absolute Gasteiger partial charge is 2.00 e. The summed E-state index contributed by atoms with van der Waals surface area (Å²) in [5.41, 5.74) is 1.51. The minimum atomic E-state index is -4.54. The molecule has 0 atom stereocenters. The summed E-state index contributed by atoms with van der Waals surface area (Å²) >= 11 is 0. The predicted octanol–water partition coefficient (Wildman–Crippen LogP) is 10.9. The van der Waals surface area contributed by atoms with Gasteiger partial charge in [-0.3, -0.25) is 4.55 Å². The molecule has 0 fully saturated rings. The van der Waals surface area contributed by atoms with Crippen LogP contribution in [0.3, 0.4) is 0 Å². The summed E-state index contributed by atoms with van der Waals surface area (Å²) in [7, 11) is -8.82. The van der Waals surface area contributed by atoms with E-state index in [0.29, 0.717) is 29.2 Å². The molecular weight excluding hydrogens is 793 g/mol. The average molecular weight is 851 g/mol. The van der Waals surface area contributed by atoms with Crippen LogP contribution in [0.5, 0.6) is 34.5 Å². The number of unbranched alkanes of at least 4 members (excludes halogenated alkanes) is 14. The SMILES string of the molecule is CCCCCCCCCCc1cc(Oc2cccc(S(=O)(=O)O)c2)ccc1O.CCCCCCCCCCc1cc(Oc2cccc(S(=O)(=O)[O-])c2)ccc1[O-].[Ca+2]. The third-order valence-electron chi connectivity index (χ3n) is 9.35. The molecule has 0 saturated heterocycles.